The lowest BCUT2D eigenvalue weighted by atomic mass is 9.94. The van der Waals surface area contributed by atoms with Crippen molar-refractivity contribution in [3.63, 3.8) is 0 Å². The summed E-state index contributed by atoms with van der Waals surface area (Å²) in [6, 6.07) is 5.62. The highest BCUT2D eigenvalue weighted by Gasteiger charge is 2.21. The molecule has 146 valence electrons. The second-order valence-electron chi connectivity index (χ2n) is 6.52. The maximum absolute atomic E-state index is 12.0. The average molecular weight is 387 g/mol. The van der Waals surface area contributed by atoms with E-state index in [0.717, 1.165) is 16.0 Å². The standard InChI is InChI=1S/C17H25NO7S/c1-11(2)13-7-6-8-14(12(3)4)16(13)25-17(20)24-10-18(5)15(19)9-26(21,22)23/h6-8,11-12H,9-10H2,1-5H3,(H,21,22,23). The Bertz CT molecular complexity index is 730. The van der Waals surface area contributed by atoms with Gasteiger partial charge in [-0.05, 0) is 23.0 Å². The summed E-state index contributed by atoms with van der Waals surface area (Å²) < 4.78 is 40.3. The van der Waals surface area contributed by atoms with Gasteiger partial charge in [-0.3, -0.25) is 9.35 Å². The van der Waals surface area contributed by atoms with Crippen molar-refractivity contribution in [1.82, 2.24) is 4.90 Å². The molecule has 0 aliphatic rings. The van der Waals surface area contributed by atoms with Crippen LogP contribution >= 0.6 is 0 Å². The minimum absolute atomic E-state index is 0.121. The van der Waals surface area contributed by atoms with Crippen molar-refractivity contribution in [1.29, 1.82) is 0 Å². The van der Waals surface area contributed by atoms with Crippen LogP contribution in [0.15, 0.2) is 18.2 Å². The summed E-state index contributed by atoms with van der Waals surface area (Å²) >= 11 is 0. The zero-order valence-electron chi connectivity index (χ0n) is 15.6. The van der Waals surface area contributed by atoms with Crippen LogP contribution in [0.5, 0.6) is 5.75 Å². The van der Waals surface area contributed by atoms with Crippen LogP contribution in [0.1, 0.15) is 50.7 Å². The Balaban J connectivity index is 2.81. The number of hydrogen-bond donors (Lipinski definition) is 1. The number of ether oxygens (including phenoxy) is 2. The minimum Gasteiger partial charge on any atom is -0.412 e. The van der Waals surface area contributed by atoms with Gasteiger partial charge in [0.05, 0.1) is 0 Å². The van der Waals surface area contributed by atoms with Gasteiger partial charge >= 0.3 is 6.16 Å². The highest BCUT2D eigenvalue weighted by atomic mass is 32.2. The molecule has 1 N–H and O–H groups in total. The molecule has 0 aliphatic heterocycles. The van der Waals surface area contributed by atoms with E-state index >= 15 is 0 Å². The molecule has 8 nitrogen and oxygen atoms in total. The van der Waals surface area contributed by atoms with Gasteiger partial charge in [0.15, 0.2) is 12.5 Å². The van der Waals surface area contributed by atoms with Crippen molar-refractivity contribution in [2.24, 2.45) is 0 Å². The Hall–Kier alpha value is -2.13. The first kappa shape index (κ1) is 21.9. The lowest BCUT2D eigenvalue weighted by Gasteiger charge is -2.20. The Morgan fingerprint density at radius 2 is 1.62 bits per heavy atom. The molecular formula is C17H25NO7S. The number of rotatable bonds is 7. The summed E-state index contributed by atoms with van der Waals surface area (Å²) in [4.78, 5) is 24.4. The van der Waals surface area contributed by atoms with Crippen LogP contribution in [-0.4, -0.2) is 49.5 Å². The fraction of sp³-hybridized carbons (Fsp3) is 0.529. The van der Waals surface area contributed by atoms with Gasteiger partial charge in [-0.2, -0.15) is 8.42 Å². The first-order chi connectivity index (χ1) is 11.9. The van der Waals surface area contributed by atoms with Crippen LogP contribution in [-0.2, 0) is 19.6 Å². The largest absolute Gasteiger partial charge is 0.515 e. The fourth-order valence-electron chi connectivity index (χ4n) is 2.20. The molecule has 0 saturated carbocycles. The number of carbonyl (C=O) groups excluding carboxylic acids is 2. The van der Waals surface area contributed by atoms with Crippen LogP contribution in [0.4, 0.5) is 4.79 Å². The molecule has 1 rings (SSSR count). The molecule has 9 heteroatoms. The molecule has 1 aromatic rings. The fourth-order valence-corrected chi connectivity index (χ4v) is 2.73. The van der Waals surface area contributed by atoms with Gasteiger partial charge in [0, 0.05) is 7.05 Å². The summed E-state index contributed by atoms with van der Waals surface area (Å²) in [7, 11) is -3.21. The first-order valence-electron chi connectivity index (χ1n) is 8.09. The second kappa shape index (κ2) is 9.00. The van der Waals surface area contributed by atoms with E-state index < -0.39 is 34.7 Å². The van der Waals surface area contributed by atoms with Crippen molar-refractivity contribution in [2.45, 2.75) is 39.5 Å². The van der Waals surface area contributed by atoms with E-state index in [2.05, 4.69) is 0 Å². The quantitative estimate of drug-likeness (QED) is 0.331. The molecule has 0 radical (unpaired) electrons. The van der Waals surface area contributed by atoms with Gasteiger partial charge in [-0.25, -0.2) is 4.79 Å². The minimum atomic E-state index is -4.45. The lowest BCUT2D eigenvalue weighted by molar-refractivity contribution is -0.130. The molecule has 0 bridgehead atoms. The Labute approximate surface area is 153 Å². The van der Waals surface area contributed by atoms with Gasteiger partial charge in [0.1, 0.15) is 5.75 Å². The molecule has 0 unspecified atom stereocenters. The number of amides is 1. The highest BCUT2D eigenvalue weighted by molar-refractivity contribution is 7.86. The third-order valence-corrected chi connectivity index (χ3v) is 4.22. The molecule has 0 heterocycles. The molecule has 0 fully saturated rings. The zero-order valence-corrected chi connectivity index (χ0v) is 16.4. The summed E-state index contributed by atoms with van der Waals surface area (Å²) in [5.41, 5.74) is 1.70. The molecular weight excluding hydrogens is 362 g/mol. The van der Waals surface area contributed by atoms with E-state index in [1.807, 2.05) is 45.9 Å². The van der Waals surface area contributed by atoms with Gasteiger partial charge in [0.25, 0.3) is 10.1 Å². The molecule has 0 aromatic heterocycles. The number of nitrogens with zero attached hydrogens (tertiary/aromatic N) is 1. The number of benzene rings is 1. The van der Waals surface area contributed by atoms with Crippen LogP contribution in [0, 0.1) is 0 Å². The zero-order chi connectivity index (χ0) is 20.1. The maximum atomic E-state index is 12.0. The number of para-hydroxylation sites is 1. The molecule has 26 heavy (non-hydrogen) atoms. The second-order valence-corrected chi connectivity index (χ2v) is 7.97. The molecule has 0 spiro atoms. The van der Waals surface area contributed by atoms with E-state index in [1.165, 1.54) is 7.05 Å². The van der Waals surface area contributed by atoms with Gasteiger partial charge < -0.3 is 14.4 Å². The van der Waals surface area contributed by atoms with Crippen LogP contribution in [0.3, 0.4) is 0 Å². The van der Waals surface area contributed by atoms with E-state index in [4.69, 9.17) is 14.0 Å². The monoisotopic (exact) mass is 387 g/mol. The van der Waals surface area contributed by atoms with Crippen molar-refractivity contribution in [3.05, 3.63) is 29.3 Å². The summed E-state index contributed by atoms with van der Waals surface area (Å²) in [5, 5.41) is 0. The molecule has 1 aromatic carbocycles. The topological polar surface area (TPSA) is 110 Å². The smallest absolute Gasteiger partial charge is 0.412 e. The SMILES string of the molecule is CC(C)c1cccc(C(C)C)c1OC(=O)OCN(C)C(=O)CS(=O)(=O)O. The van der Waals surface area contributed by atoms with Gasteiger partial charge in [0.2, 0.25) is 5.91 Å². The van der Waals surface area contributed by atoms with Crippen molar-refractivity contribution in [2.75, 3.05) is 19.5 Å². The van der Waals surface area contributed by atoms with Gasteiger partial charge in [-0.15, -0.1) is 0 Å². The Kier molecular flexibility index (Phi) is 7.58. The third kappa shape index (κ3) is 6.64. The van der Waals surface area contributed by atoms with E-state index in [-0.39, 0.29) is 11.8 Å². The Morgan fingerprint density at radius 1 is 1.12 bits per heavy atom. The maximum Gasteiger partial charge on any atom is 0.515 e. The predicted molar refractivity (Wildman–Crippen MR) is 95.8 cm³/mol. The summed E-state index contributed by atoms with van der Waals surface area (Å²) in [5.74, 6) is -1.33. The van der Waals surface area contributed by atoms with Crippen molar-refractivity contribution >= 4 is 22.2 Å². The molecule has 1 amide bonds. The number of hydrogen-bond acceptors (Lipinski definition) is 6. The van der Waals surface area contributed by atoms with E-state index in [0.29, 0.717) is 5.75 Å². The molecule has 0 atom stereocenters. The van der Waals surface area contributed by atoms with E-state index in [9.17, 15) is 18.0 Å². The van der Waals surface area contributed by atoms with Crippen molar-refractivity contribution in [3.8, 4) is 5.75 Å². The van der Waals surface area contributed by atoms with Crippen LogP contribution < -0.4 is 4.74 Å². The average Bonchev–Trinajstić information content (AvgIpc) is 2.50. The predicted octanol–water partition coefficient (Wildman–Crippen LogP) is 2.75. The van der Waals surface area contributed by atoms with E-state index in [1.54, 1.807) is 0 Å². The summed E-state index contributed by atoms with van der Waals surface area (Å²) in [6.45, 7) is 7.38. The third-order valence-electron chi connectivity index (χ3n) is 3.61. The number of carbonyl (C=O) groups is 2. The Morgan fingerprint density at radius 3 is 2.04 bits per heavy atom. The highest BCUT2D eigenvalue weighted by Crippen LogP contribution is 2.34. The normalized spacial score (nSPS) is 11.5. The van der Waals surface area contributed by atoms with Crippen molar-refractivity contribution < 1.29 is 32.0 Å². The first-order valence-corrected chi connectivity index (χ1v) is 9.69. The molecule has 0 aliphatic carbocycles. The van der Waals surface area contributed by atoms with Gasteiger partial charge in [-0.1, -0.05) is 45.9 Å². The lowest BCUT2D eigenvalue weighted by Crippen LogP contribution is -2.35. The summed E-state index contributed by atoms with van der Waals surface area (Å²) in [6.07, 6.45) is -1.01. The molecule has 0 saturated heterocycles. The van der Waals surface area contributed by atoms with Crippen LogP contribution in [0.25, 0.3) is 0 Å². The van der Waals surface area contributed by atoms with Crippen LogP contribution in [0.2, 0.25) is 0 Å².